The van der Waals surface area contributed by atoms with Gasteiger partial charge >= 0.3 is 0 Å². The van der Waals surface area contributed by atoms with E-state index < -0.39 is 0 Å². The molecule has 3 rings (SSSR count). The quantitative estimate of drug-likeness (QED) is 0.839. The number of methoxy groups -OCH3 is 1. The van der Waals surface area contributed by atoms with Crippen LogP contribution < -0.4 is 10.1 Å². The number of likely N-dealkylation sites (tertiary alicyclic amines) is 1. The molecular formula is C20H24N4O3. The first kappa shape index (κ1) is 18.8. The molecule has 27 heavy (non-hydrogen) atoms. The van der Waals surface area contributed by atoms with Gasteiger partial charge < -0.3 is 15.0 Å². The van der Waals surface area contributed by atoms with E-state index in [0.717, 1.165) is 30.7 Å². The fourth-order valence-corrected chi connectivity index (χ4v) is 3.27. The molecule has 2 aromatic rings. The van der Waals surface area contributed by atoms with Crippen molar-refractivity contribution < 1.29 is 14.3 Å². The van der Waals surface area contributed by atoms with E-state index in [4.69, 9.17) is 4.74 Å². The molecule has 142 valence electrons. The maximum atomic E-state index is 12.5. The van der Waals surface area contributed by atoms with Gasteiger partial charge in [-0.15, -0.1) is 0 Å². The first-order valence-corrected chi connectivity index (χ1v) is 9.11. The summed E-state index contributed by atoms with van der Waals surface area (Å²) in [5.74, 6) is 0.994. The lowest BCUT2D eigenvalue weighted by Gasteiger charge is -2.32. The minimum atomic E-state index is -0.0286. The zero-order valence-electron chi connectivity index (χ0n) is 15.4. The van der Waals surface area contributed by atoms with E-state index in [1.807, 2.05) is 29.2 Å². The van der Waals surface area contributed by atoms with Crippen LogP contribution in [0.2, 0.25) is 0 Å². The fourth-order valence-electron chi connectivity index (χ4n) is 3.27. The fraction of sp³-hybridized carbons (Fsp3) is 0.400. The Labute approximate surface area is 158 Å². The minimum absolute atomic E-state index is 0.0121. The lowest BCUT2D eigenvalue weighted by atomic mass is 9.97. The number of amides is 2. The van der Waals surface area contributed by atoms with E-state index in [1.165, 1.54) is 12.4 Å². The highest BCUT2D eigenvalue weighted by atomic mass is 16.5. The second kappa shape index (κ2) is 9.12. The molecule has 0 spiro atoms. The maximum absolute atomic E-state index is 12.5. The third-order valence-corrected chi connectivity index (χ3v) is 4.75. The van der Waals surface area contributed by atoms with Crippen molar-refractivity contribution in [1.82, 2.24) is 20.4 Å². The normalized spacial score (nSPS) is 16.6. The summed E-state index contributed by atoms with van der Waals surface area (Å²) in [6, 6.07) is 9.16. The number of nitrogens with zero attached hydrogens (tertiary/aromatic N) is 3. The molecule has 7 nitrogen and oxygen atoms in total. The van der Waals surface area contributed by atoms with Crippen molar-refractivity contribution in [3.63, 3.8) is 0 Å². The first-order valence-electron chi connectivity index (χ1n) is 9.11. The van der Waals surface area contributed by atoms with Gasteiger partial charge in [0, 0.05) is 19.6 Å². The summed E-state index contributed by atoms with van der Waals surface area (Å²) in [4.78, 5) is 26.6. The number of piperidine rings is 1. The van der Waals surface area contributed by atoms with E-state index in [0.29, 0.717) is 25.1 Å². The summed E-state index contributed by atoms with van der Waals surface area (Å²) in [6.45, 7) is 1.95. The Balaban J connectivity index is 1.47. The average molecular weight is 368 g/mol. The number of carbonyl (C=O) groups is 2. The molecule has 0 bridgehead atoms. The van der Waals surface area contributed by atoms with Crippen molar-refractivity contribution in [3.8, 4) is 5.75 Å². The predicted octanol–water partition coefficient (Wildman–Crippen LogP) is 1.70. The zero-order valence-corrected chi connectivity index (χ0v) is 15.4. The third-order valence-electron chi connectivity index (χ3n) is 4.75. The van der Waals surface area contributed by atoms with Crippen LogP contribution >= 0.6 is 0 Å². The summed E-state index contributed by atoms with van der Waals surface area (Å²) in [5.41, 5.74) is 1.49. The van der Waals surface area contributed by atoms with Gasteiger partial charge in [-0.2, -0.15) is 10.2 Å². The van der Waals surface area contributed by atoms with Crippen molar-refractivity contribution in [2.24, 2.45) is 5.92 Å². The lowest BCUT2D eigenvalue weighted by molar-refractivity contribution is -0.120. The minimum Gasteiger partial charge on any atom is -0.497 e. The first-order chi connectivity index (χ1) is 13.2. The molecule has 1 atom stereocenters. The number of carbonyl (C=O) groups excluding carboxylic acids is 2. The number of nitrogens with one attached hydrogen (secondary N) is 1. The Hall–Kier alpha value is -2.96. The molecule has 0 radical (unpaired) electrons. The van der Waals surface area contributed by atoms with Gasteiger partial charge in [-0.25, -0.2) is 0 Å². The van der Waals surface area contributed by atoms with Crippen LogP contribution in [0.4, 0.5) is 0 Å². The number of ether oxygens (including phenoxy) is 1. The smallest absolute Gasteiger partial charge is 0.255 e. The van der Waals surface area contributed by atoms with Crippen LogP contribution in [0, 0.1) is 5.92 Å². The highest BCUT2D eigenvalue weighted by molar-refractivity contribution is 5.93. The van der Waals surface area contributed by atoms with Gasteiger partial charge in [0.1, 0.15) is 5.75 Å². The Kier molecular flexibility index (Phi) is 6.35. The molecule has 0 saturated carbocycles. The Bertz CT molecular complexity index is 765. The Morgan fingerprint density at radius 3 is 2.74 bits per heavy atom. The second-order valence-corrected chi connectivity index (χ2v) is 6.72. The molecule has 1 N–H and O–H groups in total. The summed E-state index contributed by atoms with van der Waals surface area (Å²) < 4.78 is 5.12. The Morgan fingerprint density at radius 2 is 2.04 bits per heavy atom. The standard InChI is InChI=1S/C20H24N4O3/c1-27-18-6-4-15(5-7-18)11-19(25)21-12-16-3-2-10-24(14-16)20(26)17-8-9-22-23-13-17/h4-9,13,16H,2-3,10-12,14H2,1H3,(H,21,25)/t16-/m1/s1. The van der Waals surface area contributed by atoms with Crippen molar-refractivity contribution in [2.75, 3.05) is 26.7 Å². The van der Waals surface area contributed by atoms with Crippen LogP contribution in [0.3, 0.4) is 0 Å². The van der Waals surface area contributed by atoms with E-state index in [2.05, 4.69) is 15.5 Å². The van der Waals surface area contributed by atoms with E-state index in [-0.39, 0.29) is 17.7 Å². The van der Waals surface area contributed by atoms with Crippen LogP contribution in [0.15, 0.2) is 42.7 Å². The highest BCUT2D eigenvalue weighted by Gasteiger charge is 2.25. The summed E-state index contributed by atoms with van der Waals surface area (Å²) in [5, 5.41) is 10.5. The maximum Gasteiger partial charge on any atom is 0.255 e. The van der Waals surface area contributed by atoms with Gasteiger partial charge in [-0.1, -0.05) is 12.1 Å². The monoisotopic (exact) mass is 368 g/mol. The molecule has 1 aromatic heterocycles. The van der Waals surface area contributed by atoms with Gasteiger partial charge in [0.05, 0.1) is 31.5 Å². The summed E-state index contributed by atoms with van der Waals surface area (Å²) >= 11 is 0. The van der Waals surface area contributed by atoms with Gasteiger partial charge in [0.25, 0.3) is 5.91 Å². The molecule has 1 fully saturated rings. The molecule has 1 saturated heterocycles. The van der Waals surface area contributed by atoms with Gasteiger partial charge in [-0.05, 0) is 42.5 Å². The number of hydrogen-bond acceptors (Lipinski definition) is 5. The second-order valence-electron chi connectivity index (χ2n) is 6.72. The molecule has 2 heterocycles. The van der Waals surface area contributed by atoms with E-state index in [9.17, 15) is 9.59 Å². The Morgan fingerprint density at radius 1 is 1.22 bits per heavy atom. The molecule has 0 aliphatic carbocycles. The van der Waals surface area contributed by atoms with Crippen LogP contribution in [0.25, 0.3) is 0 Å². The topological polar surface area (TPSA) is 84.4 Å². The number of benzene rings is 1. The lowest BCUT2D eigenvalue weighted by Crippen LogP contribution is -2.44. The van der Waals surface area contributed by atoms with Crippen LogP contribution in [0.1, 0.15) is 28.8 Å². The molecule has 1 aliphatic rings. The van der Waals surface area contributed by atoms with Crippen LogP contribution in [0.5, 0.6) is 5.75 Å². The molecule has 7 heteroatoms. The van der Waals surface area contributed by atoms with Gasteiger partial charge in [0.2, 0.25) is 5.91 Å². The predicted molar refractivity (Wildman–Crippen MR) is 100 cm³/mol. The molecule has 1 aromatic carbocycles. The zero-order chi connectivity index (χ0) is 19.1. The molecule has 1 aliphatic heterocycles. The largest absolute Gasteiger partial charge is 0.497 e. The van der Waals surface area contributed by atoms with Gasteiger partial charge in [0.15, 0.2) is 0 Å². The van der Waals surface area contributed by atoms with Crippen molar-refractivity contribution in [2.45, 2.75) is 19.3 Å². The van der Waals surface area contributed by atoms with Gasteiger partial charge in [-0.3, -0.25) is 9.59 Å². The van der Waals surface area contributed by atoms with E-state index >= 15 is 0 Å². The van der Waals surface area contributed by atoms with Crippen molar-refractivity contribution in [1.29, 1.82) is 0 Å². The number of aromatic nitrogens is 2. The number of rotatable bonds is 6. The van der Waals surface area contributed by atoms with Crippen molar-refractivity contribution >= 4 is 11.8 Å². The van der Waals surface area contributed by atoms with Crippen LogP contribution in [-0.4, -0.2) is 53.7 Å². The highest BCUT2D eigenvalue weighted by Crippen LogP contribution is 2.18. The third kappa shape index (κ3) is 5.26. The summed E-state index contributed by atoms with van der Waals surface area (Å²) in [6.07, 6.45) is 5.28. The SMILES string of the molecule is COc1ccc(CC(=O)NC[C@H]2CCCN(C(=O)c3ccnnc3)C2)cc1. The number of hydrogen-bond donors (Lipinski definition) is 1. The molecule has 2 amide bonds. The van der Waals surface area contributed by atoms with E-state index in [1.54, 1.807) is 13.2 Å². The summed E-state index contributed by atoms with van der Waals surface area (Å²) in [7, 11) is 1.62. The molecular weight excluding hydrogens is 344 g/mol. The van der Waals surface area contributed by atoms with Crippen LogP contribution in [-0.2, 0) is 11.2 Å². The molecule has 0 unspecified atom stereocenters. The van der Waals surface area contributed by atoms with Crippen molar-refractivity contribution in [3.05, 3.63) is 53.9 Å². The average Bonchev–Trinajstić information content (AvgIpc) is 2.73.